The third-order valence-corrected chi connectivity index (χ3v) is 7.07. The lowest BCUT2D eigenvalue weighted by atomic mass is 9.93. The highest BCUT2D eigenvalue weighted by Crippen LogP contribution is 2.28. The molecule has 1 fully saturated rings. The Hall–Kier alpha value is -2.72. The molecule has 1 unspecified atom stereocenters. The van der Waals surface area contributed by atoms with Gasteiger partial charge in [-0.05, 0) is 31.0 Å². The van der Waals surface area contributed by atoms with Crippen LogP contribution in [0.5, 0.6) is 11.5 Å². The molecule has 1 saturated heterocycles. The van der Waals surface area contributed by atoms with Gasteiger partial charge >= 0.3 is 0 Å². The Morgan fingerprint density at radius 2 is 1.86 bits per heavy atom. The molecule has 0 bridgehead atoms. The number of carbonyl (C=O) groups is 2. The van der Waals surface area contributed by atoms with E-state index in [1.54, 1.807) is 20.3 Å². The molecule has 1 atom stereocenters. The summed E-state index contributed by atoms with van der Waals surface area (Å²) in [5, 5.41) is 3.69. The summed E-state index contributed by atoms with van der Waals surface area (Å²) in [7, 11) is 3.19. The van der Waals surface area contributed by atoms with Gasteiger partial charge in [-0.3, -0.25) is 9.59 Å². The second-order valence-electron chi connectivity index (χ2n) is 9.95. The van der Waals surface area contributed by atoms with E-state index in [9.17, 15) is 9.59 Å². The van der Waals surface area contributed by atoms with Crippen molar-refractivity contribution in [3.63, 3.8) is 0 Å². The minimum Gasteiger partial charge on any atom is -0.493 e. The van der Waals surface area contributed by atoms with Crippen LogP contribution in [0, 0.1) is 5.41 Å². The molecule has 11 heteroatoms. The zero-order chi connectivity index (χ0) is 27.2. The minimum absolute atomic E-state index is 0.0433. The maximum absolute atomic E-state index is 12.7. The highest BCUT2D eigenvalue weighted by Gasteiger charge is 2.34. The number of ether oxygens (including phenoxy) is 2. The number of methoxy groups -OCH3 is 2. The molecule has 0 aliphatic carbocycles. The van der Waals surface area contributed by atoms with Crippen LogP contribution in [0.4, 0.5) is 5.82 Å². The fraction of sp³-hybridized carbons (Fsp3) is 0.538. The highest BCUT2D eigenvalue weighted by molar-refractivity contribution is 7.99. The average Bonchev–Trinajstić information content (AvgIpc) is 2.86. The molecule has 0 radical (unpaired) electrons. The summed E-state index contributed by atoms with van der Waals surface area (Å²) < 4.78 is 10.6. The smallest absolute Gasteiger partial charge is 0.230 e. The van der Waals surface area contributed by atoms with Gasteiger partial charge in [0.15, 0.2) is 16.7 Å². The van der Waals surface area contributed by atoms with Gasteiger partial charge in [-0.25, -0.2) is 9.97 Å². The van der Waals surface area contributed by atoms with Gasteiger partial charge in [-0.2, -0.15) is 0 Å². The number of anilines is 1. The molecule has 1 N–H and O–H groups in total. The second kappa shape index (κ2) is 12.7. The zero-order valence-corrected chi connectivity index (χ0v) is 23.9. The second-order valence-corrected chi connectivity index (χ2v) is 11.3. The van der Waals surface area contributed by atoms with Crippen LogP contribution < -0.4 is 19.7 Å². The molecule has 9 nitrogen and oxygen atoms in total. The summed E-state index contributed by atoms with van der Waals surface area (Å²) in [4.78, 5) is 38.1. The molecule has 2 aromatic rings. The average molecular weight is 550 g/mol. The van der Waals surface area contributed by atoms with Crippen molar-refractivity contribution in [2.75, 3.05) is 51.1 Å². The topological polar surface area (TPSA) is 96.9 Å². The summed E-state index contributed by atoms with van der Waals surface area (Å²) in [6.07, 6.45) is 0.663. The fourth-order valence-corrected chi connectivity index (χ4v) is 4.98. The van der Waals surface area contributed by atoms with Crippen LogP contribution in [0.1, 0.15) is 33.3 Å². The number of piperazine rings is 1. The molecular formula is C26H36ClN5O4S. The Kier molecular flexibility index (Phi) is 9.89. The number of thioether (sulfide) groups is 1. The number of hydrogen-bond donors (Lipinski definition) is 1. The third kappa shape index (κ3) is 7.88. The van der Waals surface area contributed by atoms with Gasteiger partial charge < -0.3 is 24.6 Å². The van der Waals surface area contributed by atoms with Crippen LogP contribution in [0.15, 0.2) is 29.4 Å². The third-order valence-electron chi connectivity index (χ3n) is 6.03. The Bertz CT molecular complexity index is 1110. The van der Waals surface area contributed by atoms with Crippen LogP contribution >= 0.6 is 23.4 Å². The summed E-state index contributed by atoms with van der Waals surface area (Å²) in [5.41, 5.74) is 0.618. The molecule has 1 aromatic carbocycles. The first-order valence-electron chi connectivity index (χ1n) is 12.2. The molecule has 3 rings (SSSR count). The number of nitrogens with one attached hydrogen (secondary N) is 1. The van der Waals surface area contributed by atoms with Crippen molar-refractivity contribution in [1.82, 2.24) is 20.2 Å². The normalized spacial score (nSPS) is 15.9. The monoisotopic (exact) mass is 549 g/mol. The lowest BCUT2D eigenvalue weighted by Crippen LogP contribution is -2.56. The van der Waals surface area contributed by atoms with E-state index >= 15 is 0 Å². The SMILES string of the molecule is COc1ccc(CCNC(=O)CSc2nc(Cl)cc(N3CCN(C(=O)C(C)(C)C)C(C)C3)n2)cc1OC. The van der Waals surface area contributed by atoms with E-state index in [-0.39, 0.29) is 23.6 Å². The molecule has 202 valence electrons. The van der Waals surface area contributed by atoms with Gasteiger partial charge in [0.05, 0.1) is 20.0 Å². The maximum atomic E-state index is 12.7. The highest BCUT2D eigenvalue weighted by atomic mass is 35.5. The molecular weight excluding hydrogens is 514 g/mol. The lowest BCUT2D eigenvalue weighted by molar-refractivity contribution is -0.142. The number of benzene rings is 1. The Morgan fingerprint density at radius 1 is 1.14 bits per heavy atom. The molecule has 2 heterocycles. The molecule has 1 aromatic heterocycles. The van der Waals surface area contributed by atoms with Crippen LogP contribution in [-0.2, 0) is 16.0 Å². The van der Waals surface area contributed by atoms with Crippen LogP contribution in [0.25, 0.3) is 0 Å². The van der Waals surface area contributed by atoms with E-state index < -0.39 is 5.41 Å². The van der Waals surface area contributed by atoms with Crippen molar-refractivity contribution in [3.05, 3.63) is 35.0 Å². The fourth-order valence-electron chi connectivity index (χ4n) is 4.07. The van der Waals surface area contributed by atoms with E-state index in [0.717, 1.165) is 5.56 Å². The van der Waals surface area contributed by atoms with E-state index in [1.807, 2.05) is 50.8 Å². The Balaban J connectivity index is 1.52. The quantitative estimate of drug-likeness (QED) is 0.287. The van der Waals surface area contributed by atoms with Crippen LogP contribution in [0.3, 0.4) is 0 Å². The summed E-state index contributed by atoms with van der Waals surface area (Å²) in [6.45, 7) is 10.3. The molecule has 0 spiro atoms. The van der Waals surface area contributed by atoms with Crippen molar-refractivity contribution in [2.45, 2.75) is 45.3 Å². The molecule has 37 heavy (non-hydrogen) atoms. The van der Waals surface area contributed by atoms with Crippen molar-refractivity contribution in [3.8, 4) is 11.5 Å². The van der Waals surface area contributed by atoms with E-state index in [2.05, 4.69) is 20.2 Å². The standard InChI is InChI=1S/C26H36ClN5O4S/c1-17-15-31(11-12-32(17)24(34)26(2,3)4)22-14-21(27)29-25(30-22)37-16-23(33)28-10-9-18-7-8-19(35-5)20(13-18)36-6/h7-8,13-14,17H,9-12,15-16H2,1-6H3,(H,28,33). The minimum atomic E-state index is -0.416. The zero-order valence-electron chi connectivity index (χ0n) is 22.3. The number of aromatic nitrogens is 2. The first kappa shape index (κ1) is 28.8. The Labute approximate surface area is 228 Å². The van der Waals surface area contributed by atoms with Gasteiger partial charge in [-0.1, -0.05) is 50.2 Å². The maximum Gasteiger partial charge on any atom is 0.230 e. The molecule has 2 amide bonds. The largest absolute Gasteiger partial charge is 0.493 e. The predicted octanol–water partition coefficient (Wildman–Crippen LogP) is 3.68. The first-order valence-corrected chi connectivity index (χ1v) is 13.6. The predicted molar refractivity (Wildman–Crippen MR) is 147 cm³/mol. The summed E-state index contributed by atoms with van der Waals surface area (Å²) in [5.74, 6) is 2.24. The van der Waals surface area contributed by atoms with Crippen molar-refractivity contribution >= 4 is 41.0 Å². The van der Waals surface area contributed by atoms with E-state index in [0.29, 0.717) is 60.2 Å². The molecule has 0 saturated carbocycles. The number of halogens is 1. The Morgan fingerprint density at radius 3 is 2.51 bits per heavy atom. The summed E-state index contributed by atoms with van der Waals surface area (Å²) >= 11 is 7.52. The van der Waals surface area contributed by atoms with E-state index in [4.69, 9.17) is 21.1 Å². The van der Waals surface area contributed by atoms with Gasteiger partial charge in [0, 0.05) is 43.7 Å². The van der Waals surface area contributed by atoms with Gasteiger partial charge in [-0.15, -0.1) is 0 Å². The summed E-state index contributed by atoms with van der Waals surface area (Å²) in [6, 6.07) is 7.47. The molecule has 1 aliphatic heterocycles. The number of carbonyl (C=O) groups excluding carboxylic acids is 2. The number of hydrogen-bond acceptors (Lipinski definition) is 8. The lowest BCUT2D eigenvalue weighted by Gasteiger charge is -2.42. The van der Waals surface area contributed by atoms with Crippen LogP contribution in [0.2, 0.25) is 5.15 Å². The van der Waals surface area contributed by atoms with Gasteiger partial charge in [0.2, 0.25) is 11.8 Å². The van der Waals surface area contributed by atoms with Crippen molar-refractivity contribution in [1.29, 1.82) is 0 Å². The number of nitrogens with zero attached hydrogens (tertiary/aromatic N) is 4. The van der Waals surface area contributed by atoms with E-state index in [1.165, 1.54) is 11.8 Å². The van der Waals surface area contributed by atoms with Gasteiger partial charge in [0.1, 0.15) is 11.0 Å². The number of amides is 2. The van der Waals surface area contributed by atoms with Crippen molar-refractivity contribution in [2.24, 2.45) is 5.41 Å². The van der Waals surface area contributed by atoms with Crippen molar-refractivity contribution < 1.29 is 19.1 Å². The van der Waals surface area contributed by atoms with Crippen LogP contribution in [-0.4, -0.2) is 78.9 Å². The first-order chi connectivity index (χ1) is 17.5. The molecule has 1 aliphatic rings. The van der Waals surface area contributed by atoms with Gasteiger partial charge in [0.25, 0.3) is 0 Å². The number of rotatable bonds is 9.